The van der Waals surface area contributed by atoms with Gasteiger partial charge in [-0.15, -0.1) is 0 Å². The predicted molar refractivity (Wildman–Crippen MR) is 79.4 cm³/mol. The lowest BCUT2D eigenvalue weighted by Crippen LogP contribution is -2.37. The molecular weight excluding hydrogens is 280 g/mol. The molecule has 1 aliphatic rings. The summed E-state index contributed by atoms with van der Waals surface area (Å²) in [7, 11) is 4.13. The maximum atomic E-state index is 11.1. The van der Waals surface area contributed by atoms with Crippen LogP contribution in [-0.2, 0) is 0 Å². The van der Waals surface area contributed by atoms with Crippen molar-refractivity contribution in [1.82, 2.24) is 9.88 Å². The van der Waals surface area contributed by atoms with E-state index in [2.05, 4.69) is 24.0 Å². The zero-order chi connectivity index (χ0) is 14.7. The Balaban J connectivity index is 2.10. The molecule has 2 heterocycles. The molecule has 6 nitrogen and oxygen atoms in total. The number of hydrogen-bond donors (Lipinski definition) is 0. The molecule has 1 aliphatic heterocycles. The predicted octanol–water partition coefficient (Wildman–Crippen LogP) is 2.42. The first-order valence-corrected chi connectivity index (χ1v) is 7.06. The average molecular weight is 299 g/mol. The lowest BCUT2D eigenvalue weighted by atomic mass is 9.96. The Morgan fingerprint density at radius 3 is 2.65 bits per heavy atom. The van der Waals surface area contributed by atoms with Crippen LogP contribution in [0.15, 0.2) is 12.1 Å². The highest BCUT2D eigenvalue weighted by molar-refractivity contribution is 6.29. The molecule has 2 rings (SSSR count). The number of halogens is 1. The molecule has 110 valence electrons. The largest absolute Gasteiger partial charge is 0.351 e. The third-order valence-electron chi connectivity index (χ3n) is 3.55. The van der Waals surface area contributed by atoms with Crippen LogP contribution in [-0.4, -0.2) is 48.5 Å². The minimum absolute atomic E-state index is 0.0282. The Morgan fingerprint density at radius 1 is 1.45 bits per heavy atom. The van der Waals surface area contributed by atoms with Crippen molar-refractivity contribution in [2.24, 2.45) is 5.92 Å². The first kappa shape index (κ1) is 15.0. The van der Waals surface area contributed by atoms with Gasteiger partial charge in [-0.25, -0.2) is 4.98 Å². The molecule has 1 aromatic heterocycles. The Kier molecular flexibility index (Phi) is 4.77. The van der Waals surface area contributed by atoms with Gasteiger partial charge in [-0.05, 0) is 38.9 Å². The van der Waals surface area contributed by atoms with Crippen molar-refractivity contribution < 1.29 is 4.92 Å². The summed E-state index contributed by atoms with van der Waals surface area (Å²) in [5, 5.41) is 11.4. The van der Waals surface area contributed by atoms with E-state index in [1.54, 1.807) is 0 Å². The van der Waals surface area contributed by atoms with E-state index >= 15 is 0 Å². The molecule has 1 saturated heterocycles. The normalized spacial score (nSPS) is 16.7. The van der Waals surface area contributed by atoms with E-state index in [1.165, 1.54) is 12.1 Å². The van der Waals surface area contributed by atoms with Crippen molar-refractivity contribution in [3.05, 3.63) is 27.4 Å². The minimum Gasteiger partial charge on any atom is -0.351 e. The van der Waals surface area contributed by atoms with Crippen molar-refractivity contribution in [3.8, 4) is 0 Å². The molecule has 0 bridgehead atoms. The van der Waals surface area contributed by atoms with Crippen LogP contribution in [0.5, 0.6) is 0 Å². The number of nitrogens with zero attached hydrogens (tertiary/aromatic N) is 4. The summed E-state index contributed by atoms with van der Waals surface area (Å²) in [6.45, 7) is 2.62. The average Bonchev–Trinajstić information content (AvgIpc) is 2.38. The molecule has 0 radical (unpaired) electrons. The Bertz CT molecular complexity index is 487. The van der Waals surface area contributed by atoms with Crippen molar-refractivity contribution in [2.75, 3.05) is 38.6 Å². The number of hydrogen-bond acceptors (Lipinski definition) is 5. The molecule has 0 aromatic carbocycles. The molecule has 0 amide bonds. The highest BCUT2D eigenvalue weighted by Gasteiger charge is 2.26. The maximum Gasteiger partial charge on any atom is 0.311 e. The number of nitro groups is 1. The summed E-state index contributed by atoms with van der Waals surface area (Å²) in [6.07, 6.45) is 2.03. The highest BCUT2D eigenvalue weighted by atomic mass is 35.5. The van der Waals surface area contributed by atoms with E-state index in [0.29, 0.717) is 16.9 Å². The fraction of sp³-hybridized carbons (Fsp3) is 0.615. The fourth-order valence-corrected chi connectivity index (χ4v) is 2.78. The number of rotatable bonds is 4. The van der Waals surface area contributed by atoms with Gasteiger partial charge in [0.15, 0.2) is 0 Å². The molecule has 20 heavy (non-hydrogen) atoms. The Hall–Kier alpha value is -1.40. The zero-order valence-electron chi connectivity index (χ0n) is 11.8. The Labute approximate surface area is 123 Å². The zero-order valence-corrected chi connectivity index (χ0v) is 12.5. The number of piperidine rings is 1. The van der Waals surface area contributed by atoms with Gasteiger partial charge in [0.05, 0.1) is 4.92 Å². The van der Waals surface area contributed by atoms with Gasteiger partial charge in [0.2, 0.25) is 5.82 Å². The molecular formula is C13H19ClN4O2. The second kappa shape index (κ2) is 6.37. The van der Waals surface area contributed by atoms with Gasteiger partial charge in [0.25, 0.3) is 0 Å². The summed E-state index contributed by atoms with van der Waals surface area (Å²) in [4.78, 5) is 19.0. The number of pyridine rings is 1. The van der Waals surface area contributed by atoms with E-state index < -0.39 is 4.92 Å². The summed E-state index contributed by atoms with van der Waals surface area (Å²) < 4.78 is 0. The summed E-state index contributed by atoms with van der Waals surface area (Å²) in [5.74, 6) is 1.03. The van der Waals surface area contributed by atoms with Crippen LogP contribution in [0, 0.1) is 16.0 Å². The molecule has 1 aromatic rings. The smallest absolute Gasteiger partial charge is 0.311 e. The molecule has 0 saturated carbocycles. The highest BCUT2D eigenvalue weighted by Crippen LogP contribution is 2.30. The summed E-state index contributed by atoms with van der Waals surface area (Å²) >= 11 is 5.87. The van der Waals surface area contributed by atoms with Crippen molar-refractivity contribution in [2.45, 2.75) is 12.8 Å². The Morgan fingerprint density at radius 2 is 2.10 bits per heavy atom. The van der Waals surface area contributed by atoms with E-state index in [1.807, 2.05) is 4.90 Å². The van der Waals surface area contributed by atoms with Crippen molar-refractivity contribution >= 4 is 23.1 Å². The van der Waals surface area contributed by atoms with Gasteiger partial charge >= 0.3 is 5.69 Å². The SMILES string of the molecule is CN(C)CC1CCN(c2nc(Cl)ccc2[N+](=O)[O-])CC1. The van der Waals surface area contributed by atoms with Crippen LogP contribution in [0.3, 0.4) is 0 Å². The fourth-order valence-electron chi connectivity index (χ4n) is 2.64. The standard InChI is InChI=1S/C13H19ClN4O2/c1-16(2)9-10-5-7-17(8-6-10)13-11(18(19)20)3-4-12(14)15-13/h3-4,10H,5-9H2,1-2H3. The number of aromatic nitrogens is 1. The van der Waals surface area contributed by atoms with Gasteiger partial charge < -0.3 is 9.80 Å². The van der Waals surface area contributed by atoms with E-state index in [4.69, 9.17) is 11.6 Å². The molecule has 1 fully saturated rings. The first-order chi connectivity index (χ1) is 9.47. The molecule has 0 atom stereocenters. The van der Waals surface area contributed by atoms with Crippen LogP contribution in [0.25, 0.3) is 0 Å². The van der Waals surface area contributed by atoms with Gasteiger partial charge in [-0.1, -0.05) is 11.6 Å². The molecule has 0 unspecified atom stereocenters. The molecule has 0 N–H and O–H groups in total. The summed E-state index contributed by atoms with van der Waals surface area (Å²) in [5.41, 5.74) is 0.0282. The van der Waals surface area contributed by atoms with Gasteiger partial charge in [0, 0.05) is 25.7 Å². The first-order valence-electron chi connectivity index (χ1n) is 6.68. The van der Waals surface area contributed by atoms with E-state index in [0.717, 1.165) is 32.5 Å². The van der Waals surface area contributed by atoms with Crippen LogP contribution in [0.4, 0.5) is 11.5 Å². The second-order valence-corrected chi connectivity index (χ2v) is 5.81. The van der Waals surface area contributed by atoms with Gasteiger partial charge in [0.1, 0.15) is 5.15 Å². The monoisotopic (exact) mass is 298 g/mol. The van der Waals surface area contributed by atoms with Crippen molar-refractivity contribution in [3.63, 3.8) is 0 Å². The van der Waals surface area contributed by atoms with E-state index in [-0.39, 0.29) is 5.69 Å². The van der Waals surface area contributed by atoms with Crippen LogP contribution in [0.1, 0.15) is 12.8 Å². The minimum atomic E-state index is -0.398. The summed E-state index contributed by atoms with van der Waals surface area (Å²) in [6, 6.07) is 2.89. The van der Waals surface area contributed by atoms with Crippen LogP contribution >= 0.6 is 11.6 Å². The van der Waals surface area contributed by atoms with Gasteiger partial charge in [-0.3, -0.25) is 10.1 Å². The molecule has 0 aliphatic carbocycles. The lowest BCUT2D eigenvalue weighted by molar-refractivity contribution is -0.384. The van der Waals surface area contributed by atoms with Crippen molar-refractivity contribution in [1.29, 1.82) is 0 Å². The van der Waals surface area contributed by atoms with Crippen LogP contribution in [0.2, 0.25) is 5.15 Å². The maximum absolute atomic E-state index is 11.1. The third kappa shape index (κ3) is 3.58. The third-order valence-corrected chi connectivity index (χ3v) is 3.77. The number of anilines is 1. The van der Waals surface area contributed by atoms with Crippen LogP contribution < -0.4 is 4.90 Å². The lowest BCUT2D eigenvalue weighted by Gasteiger charge is -2.33. The quantitative estimate of drug-likeness (QED) is 0.485. The molecule has 7 heteroatoms. The van der Waals surface area contributed by atoms with E-state index in [9.17, 15) is 10.1 Å². The topological polar surface area (TPSA) is 62.5 Å². The molecule has 0 spiro atoms. The second-order valence-electron chi connectivity index (χ2n) is 5.43. The van der Waals surface area contributed by atoms with Gasteiger partial charge in [-0.2, -0.15) is 0 Å².